The van der Waals surface area contributed by atoms with Gasteiger partial charge in [0.15, 0.2) is 0 Å². The highest BCUT2D eigenvalue weighted by Gasteiger charge is 2.22. The van der Waals surface area contributed by atoms with Crippen LogP contribution in [0.5, 0.6) is 11.5 Å². The molecule has 2 atom stereocenters. The maximum Gasteiger partial charge on any atom is 0.242 e. The average Bonchev–Trinajstić information content (AvgIpc) is 3.02. The lowest BCUT2D eigenvalue weighted by atomic mass is 9.96. The topological polar surface area (TPSA) is 85.6 Å². The van der Waals surface area contributed by atoms with Crippen LogP contribution in [-0.2, 0) is 24.2 Å². The lowest BCUT2D eigenvalue weighted by Crippen LogP contribution is -2.32. The molecule has 7 nitrogen and oxygen atoms in total. The van der Waals surface area contributed by atoms with E-state index in [0.29, 0.717) is 17.9 Å². The van der Waals surface area contributed by atoms with Crippen molar-refractivity contribution in [2.24, 2.45) is 0 Å². The van der Waals surface area contributed by atoms with Crippen LogP contribution in [0.2, 0.25) is 0 Å². The molecule has 1 aromatic carbocycles. The first-order valence-corrected chi connectivity index (χ1v) is 8.74. The van der Waals surface area contributed by atoms with E-state index >= 15 is 0 Å². The van der Waals surface area contributed by atoms with E-state index in [1.807, 2.05) is 25.1 Å². The molecule has 0 saturated heterocycles. The Kier molecular flexibility index (Phi) is 5.46. The molecule has 2 N–H and O–H groups in total. The lowest BCUT2D eigenvalue weighted by Gasteiger charge is -2.20. The van der Waals surface area contributed by atoms with E-state index in [1.165, 1.54) is 0 Å². The fourth-order valence-electron chi connectivity index (χ4n) is 3.36. The maximum absolute atomic E-state index is 12.5. The number of carbonyl (C=O) groups is 1. The molecule has 0 spiro atoms. The Hall–Kier alpha value is -2.54. The third-order valence-electron chi connectivity index (χ3n) is 4.79. The summed E-state index contributed by atoms with van der Waals surface area (Å²) in [6.45, 7) is 2.02. The van der Waals surface area contributed by atoms with Gasteiger partial charge in [-0.15, -0.1) is 0 Å². The largest absolute Gasteiger partial charge is 0.497 e. The monoisotopic (exact) mass is 359 g/mol. The molecule has 0 radical (unpaired) electrons. The molecule has 0 aliphatic heterocycles. The molecule has 1 heterocycles. The number of methoxy groups -OCH3 is 2. The number of amides is 1. The van der Waals surface area contributed by atoms with Gasteiger partial charge in [-0.25, -0.2) is 0 Å². The van der Waals surface area contributed by atoms with Crippen molar-refractivity contribution >= 4 is 5.91 Å². The third-order valence-corrected chi connectivity index (χ3v) is 4.79. The zero-order chi connectivity index (χ0) is 18.7. The molecule has 0 fully saturated rings. The van der Waals surface area contributed by atoms with Crippen LogP contribution in [0.4, 0.5) is 0 Å². The Morgan fingerprint density at radius 3 is 2.96 bits per heavy atom. The van der Waals surface area contributed by atoms with Crippen LogP contribution < -0.4 is 14.8 Å². The van der Waals surface area contributed by atoms with Gasteiger partial charge < -0.3 is 19.9 Å². The minimum atomic E-state index is -0.360. The van der Waals surface area contributed by atoms with Gasteiger partial charge in [-0.05, 0) is 43.5 Å². The van der Waals surface area contributed by atoms with Crippen LogP contribution in [0.15, 0.2) is 24.4 Å². The Labute approximate surface area is 152 Å². The zero-order valence-electron chi connectivity index (χ0n) is 15.4. The summed E-state index contributed by atoms with van der Waals surface area (Å²) < 4.78 is 12.3. The van der Waals surface area contributed by atoms with Crippen molar-refractivity contribution in [1.82, 2.24) is 15.1 Å². The molecule has 26 heavy (non-hydrogen) atoms. The number of hydrogen-bond acceptors (Lipinski definition) is 5. The van der Waals surface area contributed by atoms with Crippen molar-refractivity contribution in [3.05, 3.63) is 41.2 Å². The van der Waals surface area contributed by atoms with Crippen molar-refractivity contribution in [1.29, 1.82) is 0 Å². The fourth-order valence-corrected chi connectivity index (χ4v) is 3.36. The van der Waals surface area contributed by atoms with Crippen molar-refractivity contribution in [3.8, 4) is 11.5 Å². The van der Waals surface area contributed by atoms with Crippen LogP contribution >= 0.6 is 0 Å². The highest BCUT2D eigenvalue weighted by Crippen LogP contribution is 2.29. The number of hydrogen-bond donors (Lipinski definition) is 2. The van der Waals surface area contributed by atoms with Crippen LogP contribution in [0, 0.1) is 0 Å². The molecule has 2 aromatic rings. The summed E-state index contributed by atoms with van der Waals surface area (Å²) in [4.78, 5) is 12.5. The van der Waals surface area contributed by atoms with Gasteiger partial charge in [0, 0.05) is 17.7 Å². The van der Waals surface area contributed by atoms with E-state index < -0.39 is 0 Å². The zero-order valence-corrected chi connectivity index (χ0v) is 15.4. The molecule has 1 aliphatic carbocycles. The number of nitrogens with one attached hydrogen (secondary N) is 1. The van der Waals surface area contributed by atoms with Crippen LogP contribution in [0.3, 0.4) is 0 Å². The highest BCUT2D eigenvalue weighted by molar-refractivity contribution is 5.76. The smallest absolute Gasteiger partial charge is 0.242 e. The summed E-state index contributed by atoms with van der Waals surface area (Å²) in [6, 6.07) is 5.25. The average molecular weight is 359 g/mol. The van der Waals surface area contributed by atoms with Crippen LogP contribution in [0.1, 0.15) is 36.2 Å². The Morgan fingerprint density at radius 1 is 1.42 bits per heavy atom. The number of fused-ring (bicyclic) bond motifs is 1. The van der Waals surface area contributed by atoms with Gasteiger partial charge in [0.2, 0.25) is 5.91 Å². The SMILES string of the molecule is COc1ccc(OC)c([C@H](C)NC(=O)Cn2ncc3c2C[C@H](O)CC3)c1. The van der Waals surface area contributed by atoms with Crippen molar-refractivity contribution < 1.29 is 19.4 Å². The number of carbonyl (C=O) groups excluding carboxylic acids is 1. The molecule has 7 heteroatoms. The first-order chi connectivity index (χ1) is 12.5. The molecule has 1 aliphatic rings. The van der Waals surface area contributed by atoms with Crippen LogP contribution in [0.25, 0.3) is 0 Å². The second-order valence-corrected chi connectivity index (χ2v) is 6.57. The molecule has 1 aromatic heterocycles. The van der Waals surface area contributed by atoms with E-state index in [-0.39, 0.29) is 24.6 Å². The summed E-state index contributed by atoms with van der Waals surface area (Å²) in [5, 5.41) is 17.2. The minimum Gasteiger partial charge on any atom is -0.497 e. The molecule has 0 unspecified atom stereocenters. The Morgan fingerprint density at radius 2 is 2.23 bits per heavy atom. The second-order valence-electron chi connectivity index (χ2n) is 6.57. The number of aromatic nitrogens is 2. The molecule has 0 saturated carbocycles. The molecule has 1 amide bonds. The van der Waals surface area contributed by atoms with Gasteiger partial charge in [-0.1, -0.05) is 0 Å². The number of aryl methyl sites for hydroxylation is 1. The first-order valence-electron chi connectivity index (χ1n) is 8.74. The second kappa shape index (κ2) is 7.78. The van der Waals surface area contributed by atoms with Gasteiger partial charge >= 0.3 is 0 Å². The van der Waals surface area contributed by atoms with Gasteiger partial charge in [0.1, 0.15) is 18.0 Å². The summed E-state index contributed by atoms with van der Waals surface area (Å²) in [5.41, 5.74) is 2.91. The normalized spacial score (nSPS) is 17.3. The van der Waals surface area contributed by atoms with E-state index in [4.69, 9.17) is 9.47 Å². The van der Waals surface area contributed by atoms with Crippen molar-refractivity contribution in [3.63, 3.8) is 0 Å². The van der Waals surface area contributed by atoms with Gasteiger partial charge in [0.25, 0.3) is 0 Å². The van der Waals surface area contributed by atoms with Crippen LogP contribution in [-0.4, -0.2) is 41.1 Å². The predicted octanol–water partition coefficient (Wildman–Crippen LogP) is 1.63. The van der Waals surface area contributed by atoms with Gasteiger partial charge in [0.05, 0.1) is 32.6 Å². The molecule has 3 rings (SSSR count). The highest BCUT2D eigenvalue weighted by atomic mass is 16.5. The lowest BCUT2D eigenvalue weighted by molar-refractivity contribution is -0.122. The predicted molar refractivity (Wildman–Crippen MR) is 96.4 cm³/mol. The minimum absolute atomic E-state index is 0.124. The number of nitrogens with zero attached hydrogens (tertiary/aromatic N) is 2. The number of benzene rings is 1. The van der Waals surface area contributed by atoms with Crippen molar-refractivity contribution in [2.75, 3.05) is 14.2 Å². The first kappa shape index (κ1) is 18.3. The molecule has 140 valence electrons. The quantitative estimate of drug-likeness (QED) is 0.819. The van der Waals surface area contributed by atoms with Gasteiger partial charge in [-0.3, -0.25) is 9.48 Å². The Bertz CT molecular complexity index is 787. The molecular weight excluding hydrogens is 334 g/mol. The Balaban J connectivity index is 1.70. The maximum atomic E-state index is 12.5. The summed E-state index contributed by atoms with van der Waals surface area (Å²) >= 11 is 0. The summed E-state index contributed by atoms with van der Waals surface area (Å²) in [7, 11) is 3.20. The number of aliphatic hydroxyl groups excluding tert-OH is 1. The van der Waals surface area contributed by atoms with E-state index in [0.717, 1.165) is 29.7 Å². The molecule has 0 bridgehead atoms. The molecular formula is C19H25N3O4. The van der Waals surface area contributed by atoms with E-state index in [2.05, 4.69) is 10.4 Å². The van der Waals surface area contributed by atoms with E-state index in [9.17, 15) is 9.90 Å². The van der Waals surface area contributed by atoms with Crippen molar-refractivity contribution in [2.45, 2.75) is 44.9 Å². The standard InChI is InChI=1S/C19H25N3O4/c1-12(16-9-15(25-2)6-7-18(16)26-3)21-19(24)11-22-17-8-14(23)5-4-13(17)10-20-22/h6-7,9-10,12,14,23H,4-5,8,11H2,1-3H3,(H,21,24)/t12-,14+/m0/s1. The van der Waals surface area contributed by atoms with Gasteiger partial charge in [-0.2, -0.15) is 5.10 Å². The third kappa shape index (κ3) is 3.83. The fraction of sp³-hybridized carbons (Fsp3) is 0.474. The number of aliphatic hydroxyl groups is 1. The number of rotatable bonds is 6. The van der Waals surface area contributed by atoms with E-state index in [1.54, 1.807) is 25.1 Å². The summed E-state index contributed by atoms with van der Waals surface area (Å²) in [5.74, 6) is 1.25. The summed E-state index contributed by atoms with van der Waals surface area (Å²) in [6.07, 6.45) is 3.53. The number of ether oxygens (including phenoxy) is 2.